The van der Waals surface area contributed by atoms with Crippen molar-refractivity contribution in [2.45, 2.75) is 0 Å². The molecule has 7 heteroatoms. The number of para-hydroxylation sites is 2. The van der Waals surface area contributed by atoms with Gasteiger partial charge in [-0.2, -0.15) is 5.26 Å². The van der Waals surface area contributed by atoms with Gasteiger partial charge in [0.2, 0.25) is 0 Å². The number of nitrogens with zero attached hydrogens (tertiary/aromatic N) is 3. The highest BCUT2D eigenvalue weighted by Gasteiger charge is 2.19. The summed E-state index contributed by atoms with van der Waals surface area (Å²) in [4.78, 5) is 16.2. The fraction of sp³-hybridized carbons (Fsp3) is 0.444. The monoisotopic (exact) mass is 344 g/mol. The van der Waals surface area contributed by atoms with Gasteiger partial charge in [-0.3, -0.25) is 4.79 Å². The van der Waals surface area contributed by atoms with Crippen molar-refractivity contribution in [3.63, 3.8) is 0 Å². The molecule has 0 spiro atoms. The first-order chi connectivity index (χ1) is 12.2. The standard InChI is InChI=1S/C18H24N4O3/c1-24-12-7-20-18(23)15(13-19)14-21-8-10-22(11-9-21)16-5-3-4-6-17(16)25-2/h3-6,14H,7-12H2,1-2H3,(H,20,23)/b15-14-. The second kappa shape index (κ2) is 9.55. The zero-order valence-electron chi connectivity index (χ0n) is 14.7. The van der Waals surface area contributed by atoms with Crippen molar-refractivity contribution in [1.82, 2.24) is 10.2 Å². The Bertz CT molecular complexity index is 646. The van der Waals surface area contributed by atoms with Crippen LogP contribution >= 0.6 is 0 Å². The summed E-state index contributed by atoms with van der Waals surface area (Å²) < 4.78 is 10.3. The number of methoxy groups -OCH3 is 2. The number of carbonyl (C=O) groups excluding carboxylic acids is 1. The zero-order chi connectivity index (χ0) is 18.1. The largest absolute Gasteiger partial charge is 0.495 e. The van der Waals surface area contributed by atoms with Gasteiger partial charge in [0.25, 0.3) is 5.91 Å². The van der Waals surface area contributed by atoms with E-state index < -0.39 is 0 Å². The Balaban J connectivity index is 1.94. The molecule has 0 radical (unpaired) electrons. The van der Waals surface area contributed by atoms with Crippen molar-refractivity contribution in [3.8, 4) is 11.8 Å². The summed E-state index contributed by atoms with van der Waals surface area (Å²) in [5, 5.41) is 11.9. The highest BCUT2D eigenvalue weighted by Crippen LogP contribution is 2.28. The number of nitrogens with one attached hydrogen (secondary N) is 1. The van der Waals surface area contributed by atoms with Crippen LogP contribution in [-0.4, -0.2) is 64.4 Å². The topological polar surface area (TPSA) is 77.8 Å². The minimum atomic E-state index is -0.369. The van der Waals surface area contributed by atoms with E-state index in [-0.39, 0.29) is 11.5 Å². The molecule has 1 heterocycles. The fourth-order valence-corrected chi connectivity index (χ4v) is 2.67. The Morgan fingerprint density at radius 1 is 1.28 bits per heavy atom. The average Bonchev–Trinajstić information content (AvgIpc) is 2.66. The van der Waals surface area contributed by atoms with Gasteiger partial charge in [-0.05, 0) is 12.1 Å². The van der Waals surface area contributed by atoms with Crippen LogP contribution in [0.3, 0.4) is 0 Å². The van der Waals surface area contributed by atoms with Gasteiger partial charge in [-0.15, -0.1) is 0 Å². The summed E-state index contributed by atoms with van der Waals surface area (Å²) in [6.07, 6.45) is 1.64. The van der Waals surface area contributed by atoms with E-state index in [2.05, 4.69) is 10.2 Å². The number of carbonyl (C=O) groups is 1. The third-order valence-electron chi connectivity index (χ3n) is 4.01. The molecule has 1 aliphatic rings. The van der Waals surface area contributed by atoms with Crippen LogP contribution in [0, 0.1) is 11.3 Å². The van der Waals surface area contributed by atoms with Crippen LogP contribution in [0.1, 0.15) is 0 Å². The molecule has 1 aliphatic heterocycles. The van der Waals surface area contributed by atoms with Crippen LogP contribution in [0.15, 0.2) is 36.0 Å². The summed E-state index contributed by atoms with van der Waals surface area (Å²) in [5.74, 6) is 0.480. The Morgan fingerprint density at radius 3 is 2.64 bits per heavy atom. The maximum atomic E-state index is 12.0. The fourth-order valence-electron chi connectivity index (χ4n) is 2.67. The lowest BCUT2D eigenvalue weighted by Crippen LogP contribution is -2.44. The molecule has 25 heavy (non-hydrogen) atoms. The van der Waals surface area contributed by atoms with Crippen molar-refractivity contribution >= 4 is 11.6 Å². The third kappa shape index (κ3) is 5.13. The molecule has 1 aromatic carbocycles. The second-order valence-corrected chi connectivity index (χ2v) is 5.60. The second-order valence-electron chi connectivity index (χ2n) is 5.60. The van der Waals surface area contributed by atoms with Crippen LogP contribution in [0.25, 0.3) is 0 Å². The highest BCUT2D eigenvalue weighted by molar-refractivity contribution is 5.97. The van der Waals surface area contributed by atoms with Gasteiger partial charge in [0.1, 0.15) is 17.4 Å². The highest BCUT2D eigenvalue weighted by atomic mass is 16.5. The minimum Gasteiger partial charge on any atom is -0.495 e. The van der Waals surface area contributed by atoms with E-state index in [9.17, 15) is 10.1 Å². The number of rotatable bonds is 7. The Labute approximate surface area is 148 Å². The average molecular weight is 344 g/mol. The summed E-state index contributed by atoms with van der Waals surface area (Å²) in [5.41, 5.74) is 1.17. The molecule has 134 valence electrons. The van der Waals surface area contributed by atoms with Crippen LogP contribution in [0.2, 0.25) is 0 Å². The maximum Gasteiger partial charge on any atom is 0.263 e. The van der Waals surface area contributed by atoms with E-state index in [1.54, 1.807) is 20.4 Å². The number of benzene rings is 1. The first-order valence-corrected chi connectivity index (χ1v) is 8.20. The lowest BCUT2D eigenvalue weighted by molar-refractivity contribution is -0.117. The van der Waals surface area contributed by atoms with Gasteiger partial charge in [-0.25, -0.2) is 0 Å². The zero-order valence-corrected chi connectivity index (χ0v) is 14.7. The molecule has 0 bridgehead atoms. The van der Waals surface area contributed by atoms with E-state index in [0.29, 0.717) is 13.2 Å². The molecule has 1 aromatic rings. The van der Waals surface area contributed by atoms with Gasteiger partial charge in [-0.1, -0.05) is 12.1 Å². The number of piperazine rings is 1. The van der Waals surface area contributed by atoms with Crippen molar-refractivity contribution in [3.05, 3.63) is 36.0 Å². The van der Waals surface area contributed by atoms with Crippen molar-refractivity contribution in [2.24, 2.45) is 0 Å². The van der Waals surface area contributed by atoms with Crippen LogP contribution < -0.4 is 15.0 Å². The predicted molar refractivity (Wildman–Crippen MR) is 95.4 cm³/mol. The molecule has 1 N–H and O–H groups in total. The van der Waals surface area contributed by atoms with Gasteiger partial charge in [0, 0.05) is 46.0 Å². The lowest BCUT2D eigenvalue weighted by atomic mass is 10.2. The SMILES string of the molecule is COCCNC(=O)/C(C#N)=C\N1CCN(c2ccccc2OC)CC1. The van der Waals surface area contributed by atoms with Gasteiger partial charge < -0.3 is 24.6 Å². The molecule has 0 aliphatic carbocycles. The number of anilines is 1. The van der Waals surface area contributed by atoms with Gasteiger partial charge in [0.05, 0.1) is 19.4 Å². The van der Waals surface area contributed by atoms with Crippen molar-refractivity contribution < 1.29 is 14.3 Å². The van der Waals surface area contributed by atoms with Crippen LogP contribution in [-0.2, 0) is 9.53 Å². The number of ether oxygens (including phenoxy) is 2. The van der Waals surface area contributed by atoms with Crippen molar-refractivity contribution in [2.75, 3.05) is 58.5 Å². The molecule has 0 saturated carbocycles. The molecular formula is C18H24N4O3. The predicted octanol–water partition coefficient (Wildman–Crippen LogP) is 0.987. The Hall–Kier alpha value is -2.72. The molecule has 0 atom stereocenters. The van der Waals surface area contributed by atoms with Crippen molar-refractivity contribution in [1.29, 1.82) is 5.26 Å². The van der Waals surface area contributed by atoms with E-state index in [1.165, 1.54) is 0 Å². The molecule has 1 saturated heterocycles. The van der Waals surface area contributed by atoms with Gasteiger partial charge in [0.15, 0.2) is 0 Å². The van der Waals surface area contributed by atoms with E-state index in [1.807, 2.05) is 35.2 Å². The molecule has 7 nitrogen and oxygen atoms in total. The molecule has 0 unspecified atom stereocenters. The molecule has 1 fully saturated rings. The quantitative estimate of drug-likeness (QED) is 0.451. The maximum absolute atomic E-state index is 12.0. The molecular weight excluding hydrogens is 320 g/mol. The third-order valence-corrected chi connectivity index (χ3v) is 4.01. The van der Waals surface area contributed by atoms with E-state index in [4.69, 9.17) is 9.47 Å². The van der Waals surface area contributed by atoms with Crippen LogP contribution in [0.5, 0.6) is 5.75 Å². The summed E-state index contributed by atoms with van der Waals surface area (Å²) >= 11 is 0. The molecule has 0 aromatic heterocycles. The molecule has 2 rings (SSSR count). The summed E-state index contributed by atoms with van der Waals surface area (Å²) in [7, 11) is 3.23. The summed E-state index contributed by atoms with van der Waals surface area (Å²) in [6.45, 7) is 3.85. The normalized spacial score (nSPS) is 14.8. The lowest BCUT2D eigenvalue weighted by Gasteiger charge is -2.36. The summed E-state index contributed by atoms with van der Waals surface area (Å²) in [6, 6.07) is 9.89. The Morgan fingerprint density at radius 2 is 2.00 bits per heavy atom. The van der Waals surface area contributed by atoms with Crippen LogP contribution in [0.4, 0.5) is 5.69 Å². The first-order valence-electron chi connectivity index (χ1n) is 8.20. The van der Waals surface area contributed by atoms with Gasteiger partial charge >= 0.3 is 0 Å². The van der Waals surface area contributed by atoms with E-state index in [0.717, 1.165) is 37.6 Å². The Kier molecular flexibility index (Phi) is 7.11. The molecule has 1 amide bonds. The first kappa shape index (κ1) is 18.6. The number of hydrogen-bond acceptors (Lipinski definition) is 6. The number of amides is 1. The number of nitriles is 1. The van der Waals surface area contributed by atoms with E-state index >= 15 is 0 Å². The minimum absolute atomic E-state index is 0.113. The smallest absolute Gasteiger partial charge is 0.263 e. The number of hydrogen-bond donors (Lipinski definition) is 1.